The van der Waals surface area contributed by atoms with Crippen molar-refractivity contribution < 1.29 is 9.90 Å². The Morgan fingerprint density at radius 1 is 1.25 bits per heavy atom. The number of rotatable bonds is 3. The highest BCUT2D eigenvalue weighted by Gasteiger charge is 2.24. The van der Waals surface area contributed by atoms with E-state index in [2.05, 4.69) is 0 Å². The molecule has 0 saturated heterocycles. The molecule has 0 fully saturated rings. The van der Waals surface area contributed by atoms with E-state index in [-0.39, 0.29) is 0 Å². The number of aliphatic carboxylic acids is 1. The molecule has 0 bridgehead atoms. The third-order valence-electron chi connectivity index (χ3n) is 2.29. The van der Waals surface area contributed by atoms with Crippen LogP contribution < -0.4 is 0 Å². The average molecular weight is 253 g/mol. The van der Waals surface area contributed by atoms with Crippen molar-refractivity contribution in [2.24, 2.45) is 0 Å². The molecule has 0 spiro atoms. The van der Waals surface area contributed by atoms with Crippen LogP contribution in [-0.4, -0.2) is 11.1 Å². The van der Waals surface area contributed by atoms with Crippen molar-refractivity contribution in [1.82, 2.24) is 0 Å². The number of thiophene rings is 1. The van der Waals surface area contributed by atoms with Crippen molar-refractivity contribution in [2.45, 2.75) is 5.92 Å². The van der Waals surface area contributed by atoms with Crippen molar-refractivity contribution >= 4 is 28.9 Å². The highest BCUT2D eigenvalue weighted by Crippen LogP contribution is 2.32. The number of benzene rings is 1. The lowest BCUT2D eigenvalue weighted by Gasteiger charge is -2.12. The van der Waals surface area contributed by atoms with Gasteiger partial charge >= 0.3 is 5.97 Å². The highest BCUT2D eigenvalue weighted by atomic mass is 35.5. The van der Waals surface area contributed by atoms with Gasteiger partial charge in [-0.2, -0.15) is 0 Å². The van der Waals surface area contributed by atoms with Gasteiger partial charge in [0.1, 0.15) is 5.92 Å². The van der Waals surface area contributed by atoms with Crippen LogP contribution in [0.3, 0.4) is 0 Å². The predicted molar refractivity (Wildman–Crippen MR) is 65.2 cm³/mol. The Morgan fingerprint density at radius 3 is 2.56 bits per heavy atom. The molecule has 0 aliphatic rings. The van der Waals surface area contributed by atoms with Crippen molar-refractivity contribution in [3.63, 3.8) is 0 Å². The van der Waals surface area contributed by atoms with Crippen LogP contribution in [0, 0.1) is 0 Å². The highest BCUT2D eigenvalue weighted by molar-refractivity contribution is 7.10. The predicted octanol–water partition coefficient (Wildman–Crippen LogP) is 3.62. The molecule has 0 aliphatic heterocycles. The molecule has 1 atom stereocenters. The standard InChI is InChI=1S/C12H9ClO2S/c13-9-5-2-1-4-8(9)11(12(14)15)10-6-3-7-16-10/h1-7,11H,(H,14,15). The molecule has 1 heterocycles. The third kappa shape index (κ3) is 2.10. The van der Waals surface area contributed by atoms with Gasteiger partial charge in [-0.1, -0.05) is 35.9 Å². The normalized spacial score (nSPS) is 12.3. The van der Waals surface area contributed by atoms with Gasteiger partial charge in [-0.15, -0.1) is 11.3 Å². The molecule has 1 N–H and O–H groups in total. The van der Waals surface area contributed by atoms with E-state index in [4.69, 9.17) is 11.6 Å². The van der Waals surface area contributed by atoms with Crippen LogP contribution in [0.1, 0.15) is 16.4 Å². The molecule has 82 valence electrons. The first-order chi connectivity index (χ1) is 7.70. The van der Waals surface area contributed by atoms with Crippen LogP contribution >= 0.6 is 22.9 Å². The van der Waals surface area contributed by atoms with E-state index in [0.29, 0.717) is 10.6 Å². The minimum Gasteiger partial charge on any atom is -0.481 e. The molecule has 2 rings (SSSR count). The SMILES string of the molecule is O=C(O)C(c1cccs1)c1ccccc1Cl. The Balaban J connectivity index is 2.50. The van der Waals surface area contributed by atoms with Crippen molar-refractivity contribution in [1.29, 1.82) is 0 Å². The molecule has 1 unspecified atom stereocenters. The lowest BCUT2D eigenvalue weighted by atomic mass is 9.98. The molecule has 1 aromatic heterocycles. The van der Waals surface area contributed by atoms with E-state index in [1.165, 1.54) is 11.3 Å². The van der Waals surface area contributed by atoms with Gasteiger partial charge < -0.3 is 5.11 Å². The van der Waals surface area contributed by atoms with Crippen LogP contribution in [0.25, 0.3) is 0 Å². The molecule has 1 aromatic carbocycles. The van der Waals surface area contributed by atoms with Gasteiger partial charge in [-0.3, -0.25) is 4.79 Å². The summed E-state index contributed by atoms with van der Waals surface area (Å²) in [4.78, 5) is 12.1. The maximum Gasteiger partial charge on any atom is 0.316 e. The minimum absolute atomic E-state index is 0.489. The van der Waals surface area contributed by atoms with Crippen LogP contribution in [0.5, 0.6) is 0 Å². The number of hydrogen-bond donors (Lipinski definition) is 1. The Labute approximate surface area is 102 Å². The zero-order valence-electron chi connectivity index (χ0n) is 8.26. The molecule has 0 aliphatic carbocycles. The molecule has 0 amide bonds. The summed E-state index contributed by atoms with van der Waals surface area (Å²) in [6.07, 6.45) is 0. The number of carboxylic acid groups (broad SMARTS) is 1. The topological polar surface area (TPSA) is 37.3 Å². The summed E-state index contributed by atoms with van der Waals surface area (Å²) >= 11 is 7.44. The fourth-order valence-electron chi connectivity index (χ4n) is 1.57. The minimum atomic E-state index is -0.879. The van der Waals surface area contributed by atoms with Gasteiger partial charge in [-0.05, 0) is 23.1 Å². The van der Waals surface area contributed by atoms with E-state index >= 15 is 0 Å². The van der Waals surface area contributed by atoms with E-state index in [1.54, 1.807) is 24.3 Å². The smallest absolute Gasteiger partial charge is 0.316 e. The van der Waals surface area contributed by atoms with E-state index in [0.717, 1.165) is 4.88 Å². The van der Waals surface area contributed by atoms with Gasteiger partial charge in [0.05, 0.1) is 0 Å². The summed E-state index contributed by atoms with van der Waals surface area (Å²) in [5, 5.41) is 11.6. The second-order valence-electron chi connectivity index (χ2n) is 3.31. The van der Waals surface area contributed by atoms with Gasteiger partial charge in [0.15, 0.2) is 0 Å². The van der Waals surface area contributed by atoms with Gasteiger partial charge in [0.2, 0.25) is 0 Å². The molecule has 0 radical (unpaired) electrons. The van der Waals surface area contributed by atoms with Crippen molar-refractivity contribution in [3.05, 3.63) is 57.2 Å². The molecule has 2 aromatic rings. The largest absolute Gasteiger partial charge is 0.481 e. The molecular weight excluding hydrogens is 244 g/mol. The molecule has 0 saturated carbocycles. The average Bonchev–Trinajstić information content (AvgIpc) is 2.74. The van der Waals surface area contributed by atoms with Gasteiger partial charge in [-0.25, -0.2) is 0 Å². The van der Waals surface area contributed by atoms with Crippen LogP contribution in [0.4, 0.5) is 0 Å². The first-order valence-electron chi connectivity index (χ1n) is 4.71. The maximum absolute atomic E-state index is 11.3. The molecule has 2 nitrogen and oxygen atoms in total. The summed E-state index contributed by atoms with van der Waals surface area (Å²) in [6.45, 7) is 0. The second-order valence-corrected chi connectivity index (χ2v) is 4.69. The summed E-state index contributed by atoms with van der Waals surface area (Å²) in [7, 11) is 0. The van der Waals surface area contributed by atoms with Crippen LogP contribution in [0.2, 0.25) is 5.02 Å². The fraction of sp³-hybridized carbons (Fsp3) is 0.0833. The molecule has 16 heavy (non-hydrogen) atoms. The van der Waals surface area contributed by atoms with Crippen LogP contribution in [0.15, 0.2) is 41.8 Å². The first-order valence-corrected chi connectivity index (χ1v) is 5.96. The van der Waals surface area contributed by atoms with Crippen LogP contribution in [-0.2, 0) is 4.79 Å². The van der Waals surface area contributed by atoms with Crippen molar-refractivity contribution in [2.75, 3.05) is 0 Å². The number of hydrogen-bond acceptors (Lipinski definition) is 2. The summed E-state index contributed by atoms with van der Waals surface area (Å²) in [6, 6.07) is 10.7. The third-order valence-corrected chi connectivity index (χ3v) is 3.57. The Kier molecular flexibility index (Phi) is 3.27. The zero-order chi connectivity index (χ0) is 11.5. The summed E-state index contributed by atoms with van der Waals surface area (Å²) in [5.41, 5.74) is 0.638. The van der Waals surface area contributed by atoms with E-state index < -0.39 is 11.9 Å². The van der Waals surface area contributed by atoms with Gasteiger partial charge in [0, 0.05) is 9.90 Å². The Hall–Kier alpha value is -1.32. The number of carbonyl (C=O) groups is 1. The van der Waals surface area contributed by atoms with Gasteiger partial charge in [0.25, 0.3) is 0 Å². The lowest BCUT2D eigenvalue weighted by molar-refractivity contribution is -0.137. The molecular formula is C12H9ClO2S. The molecule has 4 heteroatoms. The maximum atomic E-state index is 11.3. The Morgan fingerprint density at radius 2 is 2.00 bits per heavy atom. The summed E-state index contributed by atoms with van der Waals surface area (Å²) in [5.74, 6) is -1.55. The number of halogens is 1. The quantitative estimate of drug-likeness (QED) is 0.906. The number of carboxylic acids is 1. The first kappa shape index (κ1) is 11.2. The summed E-state index contributed by atoms with van der Waals surface area (Å²) < 4.78 is 0. The van der Waals surface area contributed by atoms with Crippen molar-refractivity contribution in [3.8, 4) is 0 Å². The fourth-order valence-corrected chi connectivity index (χ4v) is 2.65. The van der Waals surface area contributed by atoms with E-state index in [1.807, 2.05) is 17.5 Å². The van der Waals surface area contributed by atoms with E-state index in [9.17, 15) is 9.90 Å². The Bertz CT molecular complexity index is 493. The monoisotopic (exact) mass is 252 g/mol. The zero-order valence-corrected chi connectivity index (χ0v) is 9.83. The lowest BCUT2D eigenvalue weighted by Crippen LogP contribution is -2.12. The second kappa shape index (κ2) is 4.68.